The predicted octanol–water partition coefficient (Wildman–Crippen LogP) is 0.932. The van der Waals surface area contributed by atoms with E-state index in [2.05, 4.69) is 10.2 Å². The number of carbonyl (C=O) groups excluding carboxylic acids is 1. The van der Waals surface area contributed by atoms with Crippen molar-refractivity contribution in [1.29, 1.82) is 0 Å². The molecule has 2 heterocycles. The fourth-order valence-corrected chi connectivity index (χ4v) is 5.22. The number of benzene rings is 1. The van der Waals surface area contributed by atoms with Gasteiger partial charge in [0.2, 0.25) is 10.0 Å². The Kier molecular flexibility index (Phi) is 7.28. The molecule has 2 aliphatic heterocycles. The van der Waals surface area contributed by atoms with Crippen LogP contribution >= 0.6 is 0 Å². The maximum Gasteiger partial charge on any atom is 0.251 e. The highest BCUT2D eigenvalue weighted by Gasteiger charge is 2.30. The predicted molar refractivity (Wildman–Crippen MR) is 105 cm³/mol. The van der Waals surface area contributed by atoms with Gasteiger partial charge >= 0.3 is 0 Å². The van der Waals surface area contributed by atoms with E-state index in [1.807, 2.05) is 0 Å². The average molecular weight is 412 g/mol. The van der Waals surface area contributed by atoms with Gasteiger partial charge < -0.3 is 14.8 Å². The van der Waals surface area contributed by atoms with Crippen molar-refractivity contribution in [3.63, 3.8) is 0 Å². The molecule has 1 aromatic carbocycles. The van der Waals surface area contributed by atoms with Gasteiger partial charge in [-0.3, -0.25) is 9.69 Å². The molecule has 0 radical (unpaired) electrons. The number of nitrogens with one attached hydrogen (secondary N) is 1. The van der Waals surface area contributed by atoms with Crippen LogP contribution in [0.25, 0.3) is 0 Å². The van der Waals surface area contributed by atoms with E-state index in [4.69, 9.17) is 9.47 Å². The van der Waals surface area contributed by atoms with E-state index in [1.165, 1.54) is 17.5 Å². The molecule has 0 bridgehead atoms. The van der Waals surface area contributed by atoms with Crippen molar-refractivity contribution in [2.45, 2.75) is 24.2 Å². The Morgan fingerprint density at radius 1 is 1.18 bits per heavy atom. The molecule has 1 amide bonds. The molecule has 156 valence electrons. The van der Waals surface area contributed by atoms with Gasteiger partial charge in [-0.2, -0.15) is 4.31 Å². The number of rotatable bonds is 8. The first-order valence-corrected chi connectivity index (χ1v) is 11.2. The van der Waals surface area contributed by atoms with Crippen LogP contribution in [0, 0.1) is 0 Å². The monoisotopic (exact) mass is 411 g/mol. The first-order valence-electron chi connectivity index (χ1n) is 9.79. The molecule has 28 heavy (non-hydrogen) atoms. The summed E-state index contributed by atoms with van der Waals surface area (Å²) >= 11 is 0. The molecule has 1 aromatic rings. The van der Waals surface area contributed by atoms with E-state index in [0.29, 0.717) is 25.2 Å². The van der Waals surface area contributed by atoms with Gasteiger partial charge in [0.1, 0.15) is 10.6 Å². The molecule has 1 N–H and O–H groups in total. The van der Waals surface area contributed by atoms with Crippen LogP contribution < -0.4 is 10.1 Å². The summed E-state index contributed by atoms with van der Waals surface area (Å²) in [6.07, 6.45) is 2.54. The van der Waals surface area contributed by atoms with Gasteiger partial charge in [0, 0.05) is 38.3 Å². The average Bonchev–Trinajstić information content (AvgIpc) is 3.27. The van der Waals surface area contributed by atoms with Crippen molar-refractivity contribution in [3.05, 3.63) is 23.8 Å². The molecule has 0 aliphatic carbocycles. The zero-order valence-corrected chi connectivity index (χ0v) is 17.2. The molecule has 2 saturated heterocycles. The van der Waals surface area contributed by atoms with Crippen molar-refractivity contribution < 1.29 is 22.7 Å². The SMILES string of the molecule is COc1ccc(C(=O)NCCCN2CCOCC2)cc1S(=O)(=O)N1CCCC1. The number of sulfonamides is 1. The molecule has 0 aromatic heterocycles. The third-order valence-corrected chi connectivity index (χ3v) is 7.07. The molecule has 0 saturated carbocycles. The van der Waals surface area contributed by atoms with E-state index in [9.17, 15) is 13.2 Å². The highest BCUT2D eigenvalue weighted by atomic mass is 32.2. The Balaban J connectivity index is 1.62. The van der Waals surface area contributed by atoms with Gasteiger partial charge in [0.15, 0.2) is 0 Å². The van der Waals surface area contributed by atoms with Crippen LogP contribution in [0.5, 0.6) is 5.75 Å². The van der Waals surface area contributed by atoms with Gasteiger partial charge in [0.25, 0.3) is 5.91 Å². The second-order valence-corrected chi connectivity index (χ2v) is 8.95. The molecule has 3 rings (SSSR count). The quantitative estimate of drug-likeness (QED) is 0.641. The first-order chi connectivity index (χ1) is 13.5. The van der Waals surface area contributed by atoms with Crippen LogP contribution in [0.3, 0.4) is 0 Å². The molecule has 0 spiro atoms. The highest BCUT2D eigenvalue weighted by Crippen LogP contribution is 2.29. The van der Waals surface area contributed by atoms with Gasteiger partial charge in [-0.25, -0.2) is 8.42 Å². The van der Waals surface area contributed by atoms with Crippen molar-refractivity contribution in [2.75, 3.05) is 59.6 Å². The fourth-order valence-electron chi connectivity index (χ4n) is 3.52. The van der Waals surface area contributed by atoms with Crippen molar-refractivity contribution in [3.8, 4) is 5.75 Å². The summed E-state index contributed by atoms with van der Waals surface area (Å²) in [5.74, 6) is -0.0155. The number of methoxy groups -OCH3 is 1. The Bertz CT molecular complexity index is 772. The summed E-state index contributed by atoms with van der Waals surface area (Å²) in [5, 5.41) is 2.88. The number of nitrogens with zero attached hydrogens (tertiary/aromatic N) is 2. The Morgan fingerprint density at radius 3 is 2.57 bits per heavy atom. The Labute approximate surface area is 166 Å². The van der Waals surface area contributed by atoms with Gasteiger partial charge in [-0.05, 0) is 44.0 Å². The van der Waals surface area contributed by atoms with Crippen LogP contribution in [0.1, 0.15) is 29.6 Å². The minimum atomic E-state index is -3.67. The standard InChI is InChI=1S/C19H29N3O5S/c1-26-17-6-5-16(15-18(17)28(24,25)22-9-2-3-10-22)19(23)20-7-4-8-21-11-13-27-14-12-21/h5-6,15H,2-4,7-14H2,1H3,(H,20,23). The molecule has 2 fully saturated rings. The number of carbonyl (C=O) groups is 1. The number of hydrogen-bond donors (Lipinski definition) is 1. The van der Waals surface area contributed by atoms with E-state index >= 15 is 0 Å². The molecule has 8 nitrogen and oxygen atoms in total. The third-order valence-electron chi connectivity index (χ3n) is 5.15. The largest absolute Gasteiger partial charge is 0.495 e. The van der Waals surface area contributed by atoms with Gasteiger partial charge in [-0.1, -0.05) is 0 Å². The van der Waals surface area contributed by atoms with Crippen molar-refractivity contribution in [2.24, 2.45) is 0 Å². The normalized spacial score (nSPS) is 18.9. The summed E-state index contributed by atoms with van der Waals surface area (Å²) in [6, 6.07) is 4.56. The molecule has 0 atom stereocenters. The van der Waals surface area contributed by atoms with Gasteiger partial charge in [-0.15, -0.1) is 0 Å². The lowest BCUT2D eigenvalue weighted by molar-refractivity contribution is 0.0374. The summed E-state index contributed by atoms with van der Waals surface area (Å²) in [4.78, 5) is 14.9. The van der Waals surface area contributed by atoms with Crippen LogP contribution in [0.4, 0.5) is 0 Å². The molecule has 0 unspecified atom stereocenters. The lowest BCUT2D eigenvalue weighted by Gasteiger charge is -2.26. The number of morpholine rings is 1. The summed E-state index contributed by atoms with van der Waals surface area (Å²) < 4.78 is 37.9. The van der Waals surface area contributed by atoms with Crippen molar-refractivity contribution >= 4 is 15.9 Å². The molecular weight excluding hydrogens is 382 g/mol. The topological polar surface area (TPSA) is 88.2 Å². The summed E-state index contributed by atoms with van der Waals surface area (Å²) in [6.45, 7) is 5.80. The summed E-state index contributed by atoms with van der Waals surface area (Å²) in [5.41, 5.74) is 0.324. The molecule has 2 aliphatic rings. The van der Waals surface area contributed by atoms with E-state index in [-0.39, 0.29) is 16.6 Å². The van der Waals surface area contributed by atoms with E-state index < -0.39 is 10.0 Å². The lowest BCUT2D eigenvalue weighted by atomic mass is 10.2. The molecular formula is C19H29N3O5S. The zero-order chi connectivity index (χ0) is 20.0. The van der Waals surface area contributed by atoms with Crippen LogP contribution in [0.2, 0.25) is 0 Å². The highest BCUT2D eigenvalue weighted by molar-refractivity contribution is 7.89. The van der Waals surface area contributed by atoms with Gasteiger partial charge in [0.05, 0.1) is 20.3 Å². The van der Waals surface area contributed by atoms with E-state index in [0.717, 1.165) is 52.1 Å². The Hall–Kier alpha value is -1.68. The van der Waals surface area contributed by atoms with Crippen molar-refractivity contribution in [1.82, 2.24) is 14.5 Å². The smallest absolute Gasteiger partial charge is 0.251 e. The third kappa shape index (κ3) is 5.02. The minimum absolute atomic E-state index is 0.0536. The maximum atomic E-state index is 12.9. The number of ether oxygens (including phenoxy) is 2. The lowest BCUT2D eigenvalue weighted by Crippen LogP contribution is -2.38. The number of hydrogen-bond acceptors (Lipinski definition) is 6. The number of amides is 1. The van der Waals surface area contributed by atoms with Crippen LogP contribution in [0.15, 0.2) is 23.1 Å². The molecule has 9 heteroatoms. The van der Waals surface area contributed by atoms with E-state index in [1.54, 1.807) is 12.1 Å². The summed E-state index contributed by atoms with van der Waals surface area (Å²) in [7, 11) is -2.23. The first kappa shape index (κ1) is 21.0. The van der Waals surface area contributed by atoms with Crippen LogP contribution in [-0.2, 0) is 14.8 Å². The second-order valence-electron chi connectivity index (χ2n) is 7.04. The fraction of sp³-hybridized carbons (Fsp3) is 0.632. The minimum Gasteiger partial charge on any atom is -0.495 e. The second kappa shape index (κ2) is 9.69. The zero-order valence-electron chi connectivity index (χ0n) is 16.4. The van der Waals surface area contributed by atoms with Crippen LogP contribution in [-0.4, -0.2) is 83.1 Å². The maximum absolute atomic E-state index is 12.9. The Morgan fingerprint density at radius 2 is 1.89 bits per heavy atom.